The molecule has 0 amide bonds. The van der Waals surface area contributed by atoms with E-state index in [2.05, 4.69) is 0 Å². The maximum absolute atomic E-state index is 11.3. The topological polar surface area (TPSA) is 26.3 Å². The van der Waals surface area contributed by atoms with Crippen LogP contribution in [0.5, 0.6) is 0 Å². The molecule has 2 aliphatic rings. The van der Waals surface area contributed by atoms with Crippen LogP contribution in [-0.4, -0.2) is 19.0 Å². The van der Waals surface area contributed by atoms with Crippen LogP contribution in [0.1, 0.15) is 38.5 Å². The second kappa shape index (κ2) is 4.23. The monoisotopic (exact) mass is 182 g/mol. The highest BCUT2D eigenvalue weighted by Crippen LogP contribution is 2.30. The summed E-state index contributed by atoms with van der Waals surface area (Å²) >= 11 is 0. The molecule has 2 nitrogen and oxygen atoms in total. The fourth-order valence-electron chi connectivity index (χ4n) is 2.03. The smallest absolute Gasteiger partial charge is 0.161 e. The van der Waals surface area contributed by atoms with Crippen molar-refractivity contribution < 1.29 is 9.53 Å². The molecule has 0 saturated heterocycles. The number of rotatable bonds is 5. The summed E-state index contributed by atoms with van der Waals surface area (Å²) in [4.78, 5) is 11.3. The largest absolute Gasteiger partial charge is 0.373 e. The van der Waals surface area contributed by atoms with Crippen LogP contribution >= 0.6 is 0 Å². The highest BCUT2D eigenvalue weighted by Gasteiger charge is 2.29. The average Bonchev–Trinajstić information content (AvgIpc) is 2.86. The van der Waals surface area contributed by atoms with E-state index in [1.165, 1.54) is 25.7 Å². The van der Waals surface area contributed by atoms with Crippen molar-refractivity contribution >= 4 is 5.78 Å². The quantitative estimate of drug-likeness (QED) is 0.651. The number of carbonyl (C=O) groups excluding carboxylic acids is 1. The Kier molecular flexibility index (Phi) is 2.99. The van der Waals surface area contributed by atoms with Gasteiger partial charge in [-0.3, -0.25) is 4.79 Å². The van der Waals surface area contributed by atoms with Gasteiger partial charge in [0.05, 0.1) is 0 Å². The molecular formula is C11H18O2. The summed E-state index contributed by atoms with van der Waals surface area (Å²) in [6.07, 6.45) is 7.52. The highest BCUT2D eigenvalue weighted by atomic mass is 16.5. The fraction of sp³-hybridized carbons (Fsp3) is 0.909. The van der Waals surface area contributed by atoms with E-state index < -0.39 is 0 Å². The molecule has 13 heavy (non-hydrogen) atoms. The van der Waals surface area contributed by atoms with Crippen molar-refractivity contribution in [2.45, 2.75) is 38.5 Å². The zero-order valence-corrected chi connectivity index (χ0v) is 8.13. The van der Waals surface area contributed by atoms with Crippen LogP contribution in [0.4, 0.5) is 0 Å². The Bertz CT molecular complexity index is 179. The minimum Gasteiger partial charge on any atom is -0.373 e. The molecule has 0 heterocycles. The molecule has 2 heteroatoms. The Morgan fingerprint density at radius 2 is 1.85 bits per heavy atom. The van der Waals surface area contributed by atoms with Gasteiger partial charge in [-0.1, -0.05) is 12.8 Å². The van der Waals surface area contributed by atoms with Crippen LogP contribution < -0.4 is 0 Å². The van der Waals surface area contributed by atoms with Crippen LogP contribution in [-0.2, 0) is 9.53 Å². The van der Waals surface area contributed by atoms with Crippen LogP contribution in [0.2, 0.25) is 0 Å². The molecule has 0 N–H and O–H groups in total. The van der Waals surface area contributed by atoms with Gasteiger partial charge in [-0.15, -0.1) is 0 Å². The van der Waals surface area contributed by atoms with Gasteiger partial charge < -0.3 is 4.74 Å². The van der Waals surface area contributed by atoms with Crippen LogP contribution in [0, 0.1) is 11.8 Å². The summed E-state index contributed by atoms with van der Waals surface area (Å²) in [6, 6.07) is 0. The van der Waals surface area contributed by atoms with Crippen molar-refractivity contribution in [3.63, 3.8) is 0 Å². The normalized spacial score (nSPS) is 23.7. The van der Waals surface area contributed by atoms with Gasteiger partial charge in [-0.25, -0.2) is 0 Å². The van der Waals surface area contributed by atoms with Crippen LogP contribution in [0.3, 0.4) is 0 Å². The first-order valence-electron chi connectivity index (χ1n) is 5.46. The highest BCUT2D eigenvalue weighted by molar-refractivity contribution is 5.84. The number of ketones is 1. The van der Waals surface area contributed by atoms with E-state index in [0.717, 1.165) is 25.4 Å². The molecular weight excluding hydrogens is 164 g/mol. The molecule has 2 rings (SSSR count). The third-order valence-corrected chi connectivity index (χ3v) is 3.11. The lowest BCUT2D eigenvalue weighted by atomic mass is 10.1. The van der Waals surface area contributed by atoms with E-state index in [0.29, 0.717) is 18.3 Å². The van der Waals surface area contributed by atoms with E-state index in [4.69, 9.17) is 4.74 Å². The number of hydrogen-bond donors (Lipinski definition) is 0. The summed E-state index contributed by atoms with van der Waals surface area (Å²) < 4.78 is 5.43. The Hall–Kier alpha value is -0.370. The molecule has 0 atom stereocenters. The minimum atomic E-state index is 0.331. The summed E-state index contributed by atoms with van der Waals surface area (Å²) in [6.45, 7) is 1.19. The van der Waals surface area contributed by atoms with E-state index in [1.54, 1.807) is 0 Å². The van der Waals surface area contributed by atoms with Crippen molar-refractivity contribution in [3.05, 3.63) is 0 Å². The van der Waals surface area contributed by atoms with Gasteiger partial charge in [0, 0.05) is 12.5 Å². The molecule has 0 aromatic rings. The van der Waals surface area contributed by atoms with Gasteiger partial charge in [0.15, 0.2) is 5.78 Å². The number of ether oxygens (including phenoxy) is 1. The Morgan fingerprint density at radius 1 is 1.15 bits per heavy atom. The minimum absolute atomic E-state index is 0.331. The van der Waals surface area contributed by atoms with Crippen LogP contribution in [0.25, 0.3) is 0 Å². The van der Waals surface area contributed by atoms with Gasteiger partial charge in [0.2, 0.25) is 0 Å². The van der Waals surface area contributed by atoms with Gasteiger partial charge in [-0.05, 0) is 31.6 Å². The molecule has 0 aromatic carbocycles. The third-order valence-electron chi connectivity index (χ3n) is 3.11. The van der Waals surface area contributed by atoms with E-state index in [9.17, 15) is 4.79 Å². The molecule has 74 valence electrons. The predicted molar refractivity (Wildman–Crippen MR) is 50.5 cm³/mol. The maximum atomic E-state index is 11.3. The number of Topliss-reactive ketones (excluding diaryl/α,β-unsaturated/α-hetero) is 1. The Balaban J connectivity index is 1.54. The first-order chi connectivity index (χ1) is 6.36. The SMILES string of the molecule is O=C(COCC1CCCC1)C1CC1. The molecule has 0 spiro atoms. The summed E-state index contributed by atoms with van der Waals surface area (Å²) in [5.74, 6) is 1.44. The van der Waals surface area contributed by atoms with Crippen molar-refractivity contribution in [2.75, 3.05) is 13.2 Å². The Labute approximate surface area is 79.7 Å². The molecule has 0 bridgehead atoms. The zero-order valence-electron chi connectivity index (χ0n) is 8.13. The summed E-state index contributed by atoms with van der Waals surface area (Å²) in [5, 5.41) is 0. The molecule has 2 fully saturated rings. The molecule has 0 radical (unpaired) electrons. The number of carbonyl (C=O) groups is 1. The average molecular weight is 182 g/mol. The predicted octanol–water partition coefficient (Wildman–Crippen LogP) is 2.17. The molecule has 2 saturated carbocycles. The lowest BCUT2D eigenvalue weighted by Crippen LogP contribution is -2.14. The number of hydrogen-bond acceptors (Lipinski definition) is 2. The fourth-order valence-corrected chi connectivity index (χ4v) is 2.03. The van der Waals surface area contributed by atoms with Crippen molar-refractivity contribution in [3.8, 4) is 0 Å². The maximum Gasteiger partial charge on any atom is 0.161 e. The first-order valence-corrected chi connectivity index (χ1v) is 5.46. The zero-order chi connectivity index (χ0) is 9.10. The molecule has 0 aliphatic heterocycles. The van der Waals surface area contributed by atoms with Crippen molar-refractivity contribution in [2.24, 2.45) is 11.8 Å². The standard InChI is InChI=1S/C11H18O2/c12-11(10-5-6-10)8-13-7-9-3-1-2-4-9/h9-10H,1-8H2. The van der Waals surface area contributed by atoms with E-state index in [1.807, 2.05) is 0 Å². The second-order valence-electron chi connectivity index (χ2n) is 4.41. The van der Waals surface area contributed by atoms with Gasteiger partial charge in [0.1, 0.15) is 6.61 Å². The Morgan fingerprint density at radius 3 is 2.46 bits per heavy atom. The summed E-state index contributed by atoms with van der Waals surface area (Å²) in [7, 11) is 0. The first kappa shape index (κ1) is 9.20. The van der Waals surface area contributed by atoms with E-state index in [-0.39, 0.29) is 0 Å². The van der Waals surface area contributed by atoms with Gasteiger partial charge in [0.25, 0.3) is 0 Å². The van der Waals surface area contributed by atoms with E-state index >= 15 is 0 Å². The molecule has 2 aliphatic carbocycles. The molecule has 0 unspecified atom stereocenters. The lowest BCUT2D eigenvalue weighted by Gasteiger charge is -2.08. The van der Waals surface area contributed by atoms with Gasteiger partial charge in [-0.2, -0.15) is 0 Å². The van der Waals surface area contributed by atoms with Crippen molar-refractivity contribution in [1.29, 1.82) is 0 Å². The third kappa shape index (κ3) is 2.80. The van der Waals surface area contributed by atoms with Crippen LogP contribution in [0.15, 0.2) is 0 Å². The lowest BCUT2D eigenvalue weighted by molar-refractivity contribution is -0.125. The van der Waals surface area contributed by atoms with Gasteiger partial charge >= 0.3 is 0 Å². The molecule has 0 aromatic heterocycles. The summed E-state index contributed by atoms with van der Waals surface area (Å²) in [5.41, 5.74) is 0. The second-order valence-corrected chi connectivity index (χ2v) is 4.41. The van der Waals surface area contributed by atoms with Crippen molar-refractivity contribution in [1.82, 2.24) is 0 Å².